The van der Waals surface area contributed by atoms with Gasteiger partial charge in [-0.15, -0.1) is 0 Å². The first kappa shape index (κ1) is 77.6. The number of carbonyl (C=O) groups excluding carboxylic acids is 6. The summed E-state index contributed by atoms with van der Waals surface area (Å²) in [4.78, 5) is 167. The first-order valence-corrected chi connectivity index (χ1v) is 30.9. The molecule has 510 valence electrons. The van der Waals surface area contributed by atoms with Crippen LogP contribution in [0.4, 0.5) is 4.79 Å². The van der Waals surface area contributed by atoms with Crippen LogP contribution in [0.15, 0.2) is 60.7 Å². The second-order valence-corrected chi connectivity index (χ2v) is 22.5. The van der Waals surface area contributed by atoms with Crippen LogP contribution in [0.2, 0.25) is 0 Å². The van der Waals surface area contributed by atoms with Gasteiger partial charge in [0.05, 0.1) is 31.7 Å². The maximum absolute atomic E-state index is 14.5. The van der Waals surface area contributed by atoms with E-state index >= 15 is 0 Å². The van der Waals surface area contributed by atoms with Crippen molar-refractivity contribution < 1.29 is 98.1 Å². The molecule has 1 fully saturated rings. The Hall–Kier alpha value is -8.65. The molecule has 1 heterocycles. The third-order valence-electron chi connectivity index (χ3n) is 15.2. The summed E-state index contributed by atoms with van der Waals surface area (Å²) in [5.74, 6) is -10.6. The first-order valence-electron chi connectivity index (χ1n) is 30.9. The minimum absolute atomic E-state index is 0.00975. The van der Waals surface area contributed by atoms with E-state index in [0.717, 1.165) is 5.56 Å². The van der Waals surface area contributed by atoms with Crippen LogP contribution in [0.5, 0.6) is 0 Å². The summed E-state index contributed by atoms with van der Waals surface area (Å²) in [5, 5.41) is 85.1. The van der Waals surface area contributed by atoms with Crippen molar-refractivity contribution in [3.05, 3.63) is 71.8 Å². The van der Waals surface area contributed by atoms with E-state index in [1.54, 1.807) is 80.3 Å². The number of unbranched alkanes of at least 4 members (excludes halogenated alkanes) is 5. The van der Waals surface area contributed by atoms with Gasteiger partial charge < -0.3 is 77.8 Å². The number of aldehydes is 1. The lowest BCUT2D eigenvalue weighted by Gasteiger charge is -2.35. The number of nitrogens with zero attached hydrogens (tertiary/aromatic N) is 4. The highest BCUT2D eigenvalue weighted by Crippen LogP contribution is 2.12. The normalized spacial score (nSPS) is 15.6. The monoisotopic (exact) mass is 1300 g/mol. The molecule has 31 heteroatoms. The van der Waals surface area contributed by atoms with Crippen molar-refractivity contribution in [2.24, 2.45) is 0 Å². The Kier molecular flexibility index (Phi) is 37.1. The molecular formula is C61H91N11O20. The number of hydrogen-bond donors (Lipinski definition) is 14. The molecule has 1 aliphatic rings. The standard InChI is InChI=1S/C61H91N11O20/c73-41-44(72-33-31-70(39-54(80)81)29-27-69(38-53(78)79)28-30-71(32-34-72)40-55(82)83)37-64-48(35-42-15-5-3-6-16-42)56(84)66-49(36-43-17-7-4-8-18-43)57(85)65-45(58(86)87)19-11-13-25-62-50(74)21-9-1-2-10-22-51(75)63-26-14-12-20-46(59(88)89)67-61(92)68-47(60(90)91)23-24-52(76)77/h3-8,15-18,41,44-49,64H,1-2,9-14,19-40H2,(H,62,74)(H,63,75)(H,65,85)(H,66,84)(H,76,77)(H,78,79)(H,80,81)(H,82,83)(H,86,87)(H,88,89)(H,90,91)(H2,67,68,92)/t44?,45?,46-,47?,48?,49?/m0/s1. The van der Waals surface area contributed by atoms with E-state index in [2.05, 4.69) is 37.2 Å². The molecule has 14 N–H and O–H groups in total. The van der Waals surface area contributed by atoms with Crippen LogP contribution in [0.3, 0.4) is 0 Å². The Bertz CT molecular complexity index is 2660. The van der Waals surface area contributed by atoms with Crippen LogP contribution >= 0.6 is 0 Å². The van der Waals surface area contributed by atoms with E-state index in [4.69, 9.17) is 5.11 Å². The zero-order chi connectivity index (χ0) is 67.8. The molecule has 2 aromatic carbocycles. The molecule has 31 nitrogen and oxygen atoms in total. The largest absolute Gasteiger partial charge is 0.481 e. The minimum atomic E-state index is -1.53. The van der Waals surface area contributed by atoms with Crippen LogP contribution in [0, 0.1) is 0 Å². The lowest BCUT2D eigenvalue weighted by molar-refractivity contribution is -0.142. The fraction of sp³-hybridized carbons (Fsp3) is 0.590. The second kappa shape index (κ2) is 44.0. The van der Waals surface area contributed by atoms with Gasteiger partial charge in [-0.3, -0.25) is 58.0 Å². The lowest BCUT2D eigenvalue weighted by Crippen LogP contribution is -2.58. The van der Waals surface area contributed by atoms with Gasteiger partial charge in [0.2, 0.25) is 23.6 Å². The molecule has 6 atom stereocenters. The average molecular weight is 1300 g/mol. The van der Waals surface area contributed by atoms with Gasteiger partial charge >= 0.3 is 47.8 Å². The van der Waals surface area contributed by atoms with Crippen molar-refractivity contribution in [2.75, 3.05) is 91.6 Å². The average Bonchev–Trinajstić information content (AvgIpc) is 1.12. The zero-order valence-electron chi connectivity index (χ0n) is 51.8. The molecule has 0 bridgehead atoms. The van der Waals surface area contributed by atoms with E-state index < -0.39 is 109 Å². The van der Waals surface area contributed by atoms with Crippen LogP contribution in [-0.2, 0) is 70.4 Å². The van der Waals surface area contributed by atoms with Crippen LogP contribution in [-0.4, -0.2) is 261 Å². The summed E-state index contributed by atoms with van der Waals surface area (Å²) in [5.41, 5.74) is 1.38. The number of carboxylic acid groups (broad SMARTS) is 7. The maximum atomic E-state index is 14.5. The molecule has 0 aliphatic carbocycles. The molecule has 1 aliphatic heterocycles. The van der Waals surface area contributed by atoms with E-state index in [0.29, 0.717) is 63.2 Å². The first-order chi connectivity index (χ1) is 43.9. The number of benzene rings is 2. The Morgan fingerprint density at radius 1 is 0.413 bits per heavy atom. The summed E-state index contributed by atoms with van der Waals surface area (Å²) in [6, 6.07) is 9.07. The van der Waals surface area contributed by atoms with Crippen molar-refractivity contribution >= 4 is 77.7 Å². The lowest BCUT2D eigenvalue weighted by atomic mass is 10.0. The predicted molar refractivity (Wildman–Crippen MR) is 330 cm³/mol. The SMILES string of the molecule is O=CC(CNC(Cc1ccccc1)C(=O)NC(Cc1ccccc1)C(=O)NC(CCCCNC(=O)CCCCCCC(=O)NCCCC[C@H](NC(=O)NC(CCC(=O)O)C(=O)O)C(=O)O)C(=O)O)N1CCN(CC(=O)O)CCN(CC(=O)O)CCN(CC(=O)O)CC1. The van der Waals surface area contributed by atoms with E-state index in [9.17, 15) is 93.0 Å². The number of aliphatic carboxylic acids is 7. The molecule has 5 unspecified atom stereocenters. The molecule has 1 saturated heterocycles. The third kappa shape index (κ3) is 34.0. The van der Waals surface area contributed by atoms with Gasteiger partial charge in [0, 0.05) is 97.7 Å². The predicted octanol–water partition coefficient (Wildman–Crippen LogP) is -0.489. The Morgan fingerprint density at radius 2 is 0.793 bits per heavy atom. The molecule has 92 heavy (non-hydrogen) atoms. The highest BCUT2D eigenvalue weighted by Gasteiger charge is 2.32. The summed E-state index contributed by atoms with van der Waals surface area (Å²) in [6.45, 7) is 0.480. The number of amides is 6. The number of hydrogen-bond acceptors (Lipinski definition) is 18. The summed E-state index contributed by atoms with van der Waals surface area (Å²) >= 11 is 0. The molecule has 0 radical (unpaired) electrons. The Labute approximate surface area is 533 Å². The van der Waals surface area contributed by atoms with Crippen LogP contribution in [0.25, 0.3) is 0 Å². The second-order valence-electron chi connectivity index (χ2n) is 22.5. The summed E-state index contributed by atoms with van der Waals surface area (Å²) in [6.07, 6.45) is 4.00. The quantitative estimate of drug-likeness (QED) is 0.0294. The fourth-order valence-corrected chi connectivity index (χ4v) is 10.1. The number of carbonyl (C=O) groups is 13. The molecule has 2 aromatic rings. The molecule has 6 amide bonds. The summed E-state index contributed by atoms with van der Waals surface area (Å²) in [7, 11) is 0. The van der Waals surface area contributed by atoms with Crippen LogP contribution < -0.4 is 37.2 Å². The Balaban J connectivity index is 1.53. The number of urea groups is 1. The van der Waals surface area contributed by atoms with Gasteiger partial charge in [0.1, 0.15) is 30.5 Å². The van der Waals surface area contributed by atoms with Crippen molar-refractivity contribution in [3.8, 4) is 0 Å². The van der Waals surface area contributed by atoms with E-state index in [1.807, 2.05) is 0 Å². The summed E-state index contributed by atoms with van der Waals surface area (Å²) < 4.78 is 0. The molecule has 0 spiro atoms. The number of nitrogens with one attached hydrogen (secondary N) is 7. The van der Waals surface area contributed by atoms with Gasteiger partial charge in [-0.2, -0.15) is 0 Å². The van der Waals surface area contributed by atoms with Crippen LogP contribution in [0.1, 0.15) is 101 Å². The van der Waals surface area contributed by atoms with Crippen molar-refractivity contribution in [1.82, 2.24) is 56.8 Å². The molecular weight excluding hydrogens is 1210 g/mol. The topological polar surface area (TPSA) is 461 Å². The fourth-order valence-electron chi connectivity index (χ4n) is 10.1. The molecule has 3 rings (SSSR count). The zero-order valence-corrected chi connectivity index (χ0v) is 51.8. The number of rotatable bonds is 44. The smallest absolute Gasteiger partial charge is 0.326 e. The molecule has 0 aromatic heterocycles. The minimum Gasteiger partial charge on any atom is -0.481 e. The Morgan fingerprint density at radius 3 is 1.20 bits per heavy atom. The van der Waals surface area contributed by atoms with Gasteiger partial charge in [-0.1, -0.05) is 73.5 Å². The molecule has 0 saturated carbocycles. The highest BCUT2D eigenvalue weighted by atomic mass is 16.4. The van der Waals surface area contributed by atoms with Gasteiger partial charge in [-0.25, -0.2) is 19.2 Å². The van der Waals surface area contributed by atoms with Crippen molar-refractivity contribution in [2.45, 2.75) is 139 Å². The maximum Gasteiger partial charge on any atom is 0.326 e. The van der Waals surface area contributed by atoms with Gasteiger partial charge in [-0.05, 0) is 75.3 Å². The van der Waals surface area contributed by atoms with Gasteiger partial charge in [0.15, 0.2) is 0 Å². The third-order valence-corrected chi connectivity index (χ3v) is 15.2. The highest BCUT2D eigenvalue weighted by molar-refractivity contribution is 5.92. The van der Waals surface area contributed by atoms with Crippen molar-refractivity contribution in [1.29, 1.82) is 0 Å². The number of carboxylic acids is 7. The van der Waals surface area contributed by atoms with Gasteiger partial charge in [0.25, 0.3) is 0 Å². The van der Waals surface area contributed by atoms with E-state index in [-0.39, 0.29) is 142 Å². The van der Waals surface area contributed by atoms with E-state index in [1.165, 1.54) is 0 Å². The van der Waals surface area contributed by atoms with Crippen molar-refractivity contribution in [3.63, 3.8) is 0 Å².